The summed E-state index contributed by atoms with van der Waals surface area (Å²) >= 11 is 2.90. The number of nitro groups is 1. The van der Waals surface area contributed by atoms with Gasteiger partial charge in [-0.3, -0.25) is 10.1 Å². The lowest BCUT2D eigenvalue weighted by molar-refractivity contribution is -0.384. The summed E-state index contributed by atoms with van der Waals surface area (Å²) in [7, 11) is 3.24. The van der Waals surface area contributed by atoms with E-state index in [0.29, 0.717) is 0 Å². The number of anilines is 1. The predicted molar refractivity (Wildman–Crippen MR) is 55.1 cm³/mol. The molecule has 6 heteroatoms. The van der Waals surface area contributed by atoms with Crippen LogP contribution in [0, 0.1) is 15.9 Å². The van der Waals surface area contributed by atoms with Crippen molar-refractivity contribution in [3.63, 3.8) is 0 Å². The first-order valence-electron chi connectivity index (χ1n) is 3.74. The fraction of sp³-hybridized carbons (Fsp3) is 0.250. The Labute approximate surface area is 88.6 Å². The Kier molecular flexibility index (Phi) is 3.05. The summed E-state index contributed by atoms with van der Waals surface area (Å²) in [5.41, 5.74) is 0.124. The van der Waals surface area contributed by atoms with E-state index in [0.717, 1.165) is 12.1 Å². The van der Waals surface area contributed by atoms with Crippen LogP contribution in [0.1, 0.15) is 0 Å². The molecule has 1 aromatic rings. The lowest BCUT2D eigenvalue weighted by atomic mass is 10.2. The first-order valence-corrected chi connectivity index (χ1v) is 4.53. The van der Waals surface area contributed by atoms with Gasteiger partial charge in [-0.1, -0.05) is 0 Å². The lowest BCUT2D eigenvalue weighted by Crippen LogP contribution is -2.11. The van der Waals surface area contributed by atoms with Gasteiger partial charge in [0.2, 0.25) is 0 Å². The van der Waals surface area contributed by atoms with Gasteiger partial charge in [0, 0.05) is 26.2 Å². The average Bonchev–Trinajstić information content (AvgIpc) is 2.08. The first kappa shape index (κ1) is 10.9. The maximum absolute atomic E-state index is 13.1. The van der Waals surface area contributed by atoms with Crippen LogP contribution in [-0.2, 0) is 0 Å². The Bertz CT molecular complexity index is 382. The molecule has 0 fully saturated rings. The zero-order valence-corrected chi connectivity index (χ0v) is 9.21. The molecule has 0 spiro atoms. The molecule has 0 atom stereocenters. The molecule has 0 amide bonds. The van der Waals surface area contributed by atoms with Crippen molar-refractivity contribution >= 4 is 27.3 Å². The fourth-order valence-electron chi connectivity index (χ4n) is 1.03. The number of nitro benzene ring substituents is 1. The van der Waals surface area contributed by atoms with E-state index in [1.165, 1.54) is 4.90 Å². The van der Waals surface area contributed by atoms with Gasteiger partial charge < -0.3 is 4.90 Å². The summed E-state index contributed by atoms with van der Waals surface area (Å²) in [4.78, 5) is 11.6. The van der Waals surface area contributed by atoms with Gasteiger partial charge in [0.25, 0.3) is 5.69 Å². The van der Waals surface area contributed by atoms with E-state index in [9.17, 15) is 14.5 Å². The molecule has 76 valence electrons. The molecular formula is C8H8BrFN2O2. The standard InChI is InChI=1S/C8H8BrFN2O2/c1-11(2)7-4-6(10)5(9)3-8(7)12(13)14/h3-4H,1-2H3. The van der Waals surface area contributed by atoms with Crippen molar-refractivity contribution in [1.29, 1.82) is 0 Å². The van der Waals surface area contributed by atoms with Crippen molar-refractivity contribution in [2.45, 2.75) is 0 Å². The number of benzene rings is 1. The molecule has 0 aromatic heterocycles. The predicted octanol–water partition coefficient (Wildman–Crippen LogP) is 2.56. The Hall–Kier alpha value is -1.17. The molecule has 1 rings (SSSR count). The van der Waals surface area contributed by atoms with Gasteiger partial charge >= 0.3 is 0 Å². The van der Waals surface area contributed by atoms with Gasteiger partial charge in [-0.2, -0.15) is 0 Å². The van der Waals surface area contributed by atoms with Gasteiger partial charge in [0.05, 0.1) is 9.40 Å². The molecule has 0 N–H and O–H groups in total. The van der Waals surface area contributed by atoms with Gasteiger partial charge in [-0.15, -0.1) is 0 Å². The van der Waals surface area contributed by atoms with Crippen LogP contribution in [0.5, 0.6) is 0 Å². The van der Waals surface area contributed by atoms with Crippen molar-refractivity contribution in [3.8, 4) is 0 Å². The van der Waals surface area contributed by atoms with Gasteiger partial charge in [0.15, 0.2) is 0 Å². The van der Waals surface area contributed by atoms with Crippen molar-refractivity contribution < 1.29 is 9.31 Å². The van der Waals surface area contributed by atoms with Crippen molar-refractivity contribution in [2.75, 3.05) is 19.0 Å². The molecule has 0 aliphatic heterocycles. The number of hydrogen-bond acceptors (Lipinski definition) is 3. The van der Waals surface area contributed by atoms with Crippen LogP contribution in [0.3, 0.4) is 0 Å². The minimum Gasteiger partial charge on any atom is -0.372 e. The average molecular weight is 263 g/mol. The second-order valence-corrected chi connectivity index (χ2v) is 3.76. The van der Waals surface area contributed by atoms with E-state index in [1.54, 1.807) is 14.1 Å². The zero-order valence-electron chi connectivity index (χ0n) is 7.62. The molecule has 0 saturated carbocycles. The summed E-state index contributed by atoms with van der Waals surface area (Å²) in [6, 6.07) is 2.28. The molecule has 0 heterocycles. The molecule has 14 heavy (non-hydrogen) atoms. The Balaban J connectivity index is 3.39. The molecule has 0 unspecified atom stereocenters. The monoisotopic (exact) mass is 262 g/mol. The number of rotatable bonds is 2. The first-order chi connectivity index (χ1) is 6.43. The van der Waals surface area contributed by atoms with Gasteiger partial charge in [-0.05, 0) is 15.9 Å². The highest BCUT2D eigenvalue weighted by molar-refractivity contribution is 9.10. The molecule has 0 bridgehead atoms. The number of nitrogens with zero attached hydrogens (tertiary/aromatic N) is 2. The summed E-state index contributed by atoms with van der Waals surface area (Å²) in [6.45, 7) is 0. The van der Waals surface area contributed by atoms with Crippen LogP contribution in [-0.4, -0.2) is 19.0 Å². The van der Waals surface area contributed by atoms with Crippen molar-refractivity contribution in [1.82, 2.24) is 0 Å². The molecule has 1 aromatic carbocycles. The number of hydrogen-bond donors (Lipinski definition) is 0. The molecule has 0 radical (unpaired) electrons. The second-order valence-electron chi connectivity index (χ2n) is 2.91. The fourth-order valence-corrected chi connectivity index (χ4v) is 1.36. The van der Waals surface area contributed by atoms with Gasteiger partial charge in [-0.25, -0.2) is 4.39 Å². The third-order valence-corrected chi connectivity index (χ3v) is 2.30. The van der Waals surface area contributed by atoms with E-state index in [1.807, 2.05) is 0 Å². The van der Waals surface area contributed by atoms with E-state index in [-0.39, 0.29) is 15.8 Å². The highest BCUT2D eigenvalue weighted by Crippen LogP contribution is 2.31. The molecule has 0 aliphatic carbocycles. The topological polar surface area (TPSA) is 46.4 Å². The van der Waals surface area contributed by atoms with E-state index >= 15 is 0 Å². The van der Waals surface area contributed by atoms with Crippen molar-refractivity contribution in [3.05, 3.63) is 32.5 Å². The summed E-state index contributed by atoms with van der Waals surface area (Å²) < 4.78 is 13.2. The van der Waals surface area contributed by atoms with Gasteiger partial charge in [0.1, 0.15) is 11.5 Å². The third-order valence-electron chi connectivity index (χ3n) is 1.70. The van der Waals surface area contributed by atoms with E-state index in [4.69, 9.17) is 0 Å². The number of halogens is 2. The highest BCUT2D eigenvalue weighted by Gasteiger charge is 2.18. The Morgan fingerprint density at radius 2 is 2.07 bits per heavy atom. The minimum absolute atomic E-state index is 0.0924. The summed E-state index contributed by atoms with van der Waals surface area (Å²) in [6.07, 6.45) is 0. The Morgan fingerprint density at radius 1 is 1.50 bits per heavy atom. The second kappa shape index (κ2) is 3.91. The minimum atomic E-state index is -0.542. The Morgan fingerprint density at radius 3 is 2.50 bits per heavy atom. The third kappa shape index (κ3) is 2.01. The lowest BCUT2D eigenvalue weighted by Gasteiger charge is -2.12. The SMILES string of the molecule is CN(C)c1cc(F)c(Br)cc1[N+](=O)[O-]. The molecule has 0 aliphatic rings. The van der Waals surface area contributed by atoms with E-state index < -0.39 is 10.7 Å². The van der Waals surface area contributed by atoms with E-state index in [2.05, 4.69) is 15.9 Å². The quantitative estimate of drug-likeness (QED) is 0.608. The summed E-state index contributed by atoms with van der Waals surface area (Å²) in [5.74, 6) is -0.515. The molecule has 0 saturated heterocycles. The van der Waals surface area contributed by atoms with Crippen LogP contribution in [0.2, 0.25) is 0 Å². The smallest absolute Gasteiger partial charge is 0.293 e. The molecular weight excluding hydrogens is 255 g/mol. The van der Waals surface area contributed by atoms with Crippen LogP contribution >= 0.6 is 15.9 Å². The maximum Gasteiger partial charge on any atom is 0.293 e. The molecule has 4 nitrogen and oxygen atoms in total. The van der Waals surface area contributed by atoms with Crippen molar-refractivity contribution in [2.24, 2.45) is 0 Å². The normalized spacial score (nSPS) is 10.0. The van der Waals surface area contributed by atoms with Crippen LogP contribution in [0.4, 0.5) is 15.8 Å². The maximum atomic E-state index is 13.1. The van der Waals surface area contributed by atoms with Crippen LogP contribution in [0.25, 0.3) is 0 Å². The summed E-state index contributed by atoms with van der Waals surface area (Å²) in [5, 5.41) is 10.6. The highest BCUT2D eigenvalue weighted by atomic mass is 79.9. The largest absolute Gasteiger partial charge is 0.372 e. The van der Waals surface area contributed by atoms with Crippen LogP contribution < -0.4 is 4.90 Å². The van der Waals surface area contributed by atoms with Crippen LogP contribution in [0.15, 0.2) is 16.6 Å². The zero-order chi connectivity index (χ0) is 10.9.